The fourth-order valence-electron chi connectivity index (χ4n) is 0. The van der Waals surface area contributed by atoms with E-state index in [0.29, 0.717) is 0 Å². The van der Waals surface area contributed by atoms with Gasteiger partial charge in [-0.25, -0.2) is 0 Å². The molecule has 0 atom stereocenters. The Hall–Kier alpha value is 2.70. The van der Waals surface area contributed by atoms with Gasteiger partial charge in [-0.1, -0.05) is 0 Å². The largest absolute Gasteiger partial charge is 0 e. The Morgan fingerprint density at radius 3 is 0.500 bits per heavy atom. The maximum atomic E-state index is 0. The van der Waals surface area contributed by atoms with Crippen LogP contribution in [0.3, 0.4) is 0 Å². The minimum atomic E-state index is 0. The SMILES string of the molecule is [Ga].[Mo].[Mo].[Mo]. The molecule has 0 aromatic carbocycles. The molecule has 0 aromatic heterocycles. The molecular weight excluding hydrogens is 358 g/mol. The van der Waals surface area contributed by atoms with E-state index >= 15 is 0 Å². The Balaban J connectivity index is 0. The molecule has 0 aliphatic carbocycles. The predicted molar refractivity (Wildman–Crippen MR) is 5.75 cm³/mol. The molecular formula is GaMo3. The zero-order chi connectivity index (χ0) is 0. The fourth-order valence-corrected chi connectivity index (χ4v) is 0. The first kappa shape index (κ1) is 29.9. The van der Waals surface area contributed by atoms with Crippen molar-refractivity contribution in [3.8, 4) is 0 Å². The van der Waals surface area contributed by atoms with Crippen molar-refractivity contribution < 1.29 is 63.2 Å². The second kappa shape index (κ2) is 17.3. The summed E-state index contributed by atoms with van der Waals surface area (Å²) in [5, 5.41) is 0. The van der Waals surface area contributed by atoms with E-state index in [-0.39, 0.29) is 83.0 Å². The minimum absolute atomic E-state index is 0. The Bertz CT molecular complexity index is 3.25. The van der Waals surface area contributed by atoms with Gasteiger partial charge in [0, 0.05) is 83.0 Å². The molecule has 21 valence electrons. The molecule has 4 heavy (non-hydrogen) atoms. The summed E-state index contributed by atoms with van der Waals surface area (Å²) in [6.45, 7) is 0. The number of hydrogen-bond acceptors (Lipinski definition) is 0. The van der Waals surface area contributed by atoms with Crippen LogP contribution in [0.1, 0.15) is 0 Å². The molecule has 0 heterocycles. The molecule has 0 N–H and O–H groups in total. The van der Waals surface area contributed by atoms with Gasteiger partial charge in [0.15, 0.2) is 0 Å². The van der Waals surface area contributed by atoms with E-state index < -0.39 is 0 Å². The van der Waals surface area contributed by atoms with Crippen LogP contribution in [-0.4, -0.2) is 19.8 Å². The second-order valence-electron chi connectivity index (χ2n) is 0. The van der Waals surface area contributed by atoms with E-state index in [1.54, 1.807) is 0 Å². The first-order valence-corrected chi connectivity index (χ1v) is 0. The van der Waals surface area contributed by atoms with Gasteiger partial charge < -0.3 is 0 Å². The van der Waals surface area contributed by atoms with Gasteiger partial charge in [0.2, 0.25) is 0 Å². The molecule has 0 saturated carbocycles. The van der Waals surface area contributed by atoms with E-state index in [0.717, 1.165) is 0 Å². The summed E-state index contributed by atoms with van der Waals surface area (Å²) in [6.07, 6.45) is 0. The Morgan fingerprint density at radius 1 is 0.500 bits per heavy atom. The van der Waals surface area contributed by atoms with Crippen LogP contribution >= 0.6 is 0 Å². The molecule has 0 bridgehead atoms. The van der Waals surface area contributed by atoms with Crippen LogP contribution in [0.4, 0.5) is 0 Å². The fraction of sp³-hybridized carbons (Fsp3) is 0. The topological polar surface area (TPSA) is 0 Å². The maximum absolute atomic E-state index is 0. The molecule has 0 nitrogen and oxygen atoms in total. The molecule has 0 aliphatic rings. The van der Waals surface area contributed by atoms with Crippen molar-refractivity contribution in [1.29, 1.82) is 0 Å². The molecule has 0 spiro atoms. The average Bonchev–Trinajstić information content (AvgIpc) is 0. The Morgan fingerprint density at radius 2 is 0.500 bits per heavy atom. The smallest absolute Gasteiger partial charge is 0 e. The first-order chi connectivity index (χ1) is 0. The van der Waals surface area contributed by atoms with Gasteiger partial charge >= 0.3 is 0 Å². The number of hydrogen-bond donors (Lipinski definition) is 0. The third-order valence-electron chi connectivity index (χ3n) is 0. The van der Waals surface area contributed by atoms with E-state index in [2.05, 4.69) is 0 Å². The van der Waals surface area contributed by atoms with E-state index in [4.69, 9.17) is 0 Å². The van der Waals surface area contributed by atoms with Crippen molar-refractivity contribution in [2.75, 3.05) is 0 Å². The van der Waals surface area contributed by atoms with Gasteiger partial charge in [-0.15, -0.1) is 0 Å². The standard InChI is InChI=1S/Ga.3Mo. The van der Waals surface area contributed by atoms with Crippen molar-refractivity contribution >= 4 is 19.8 Å². The van der Waals surface area contributed by atoms with Crippen LogP contribution in [0.25, 0.3) is 0 Å². The predicted octanol–water partition coefficient (Wildman–Crippen LogP) is -0.388. The maximum Gasteiger partial charge on any atom is 0 e. The van der Waals surface area contributed by atoms with Crippen molar-refractivity contribution in [1.82, 2.24) is 0 Å². The van der Waals surface area contributed by atoms with Gasteiger partial charge in [0.25, 0.3) is 0 Å². The molecule has 0 saturated heterocycles. The van der Waals surface area contributed by atoms with Gasteiger partial charge in [0.05, 0.1) is 0 Å². The summed E-state index contributed by atoms with van der Waals surface area (Å²) in [7, 11) is 0. The van der Waals surface area contributed by atoms with Crippen molar-refractivity contribution in [3.63, 3.8) is 0 Å². The van der Waals surface area contributed by atoms with Crippen LogP contribution in [-0.2, 0) is 63.2 Å². The van der Waals surface area contributed by atoms with Crippen molar-refractivity contribution in [2.24, 2.45) is 0 Å². The monoisotopic (exact) mass is 363 g/mol. The van der Waals surface area contributed by atoms with Gasteiger partial charge in [-0.2, -0.15) is 0 Å². The van der Waals surface area contributed by atoms with Gasteiger partial charge in [0.1, 0.15) is 0 Å². The van der Waals surface area contributed by atoms with Crippen LogP contribution in [0, 0.1) is 0 Å². The summed E-state index contributed by atoms with van der Waals surface area (Å²) in [4.78, 5) is 0. The normalized spacial score (nSPS) is 0. The minimum Gasteiger partial charge on any atom is 0 e. The summed E-state index contributed by atoms with van der Waals surface area (Å²) in [5.74, 6) is 0. The molecule has 3 radical (unpaired) electrons. The molecule has 4 heteroatoms. The van der Waals surface area contributed by atoms with Crippen molar-refractivity contribution in [3.05, 3.63) is 0 Å². The molecule has 0 unspecified atom stereocenters. The molecule has 0 rings (SSSR count). The summed E-state index contributed by atoms with van der Waals surface area (Å²) in [6, 6.07) is 0. The third-order valence-corrected chi connectivity index (χ3v) is 0. The van der Waals surface area contributed by atoms with Crippen LogP contribution in [0.2, 0.25) is 0 Å². The van der Waals surface area contributed by atoms with E-state index in [1.807, 2.05) is 0 Å². The third kappa shape index (κ3) is 8.83. The molecule has 0 fully saturated rings. The quantitative estimate of drug-likeness (QED) is 0.518. The second-order valence-corrected chi connectivity index (χ2v) is 0. The van der Waals surface area contributed by atoms with E-state index in [9.17, 15) is 0 Å². The molecule has 0 amide bonds. The summed E-state index contributed by atoms with van der Waals surface area (Å²) < 4.78 is 0. The Labute approximate surface area is 81.7 Å². The molecule has 0 aromatic rings. The average molecular weight is 358 g/mol. The van der Waals surface area contributed by atoms with Crippen molar-refractivity contribution in [2.45, 2.75) is 0 Å². The molecule has 0 aliphatic heterocycles. The zero-order valence-corrected chi connectivity index (χ0v) is 10.2. The Kier molecular flexibility index (Phi) is 129. The van der Waals surface area contributed by atoms with Gasteiger partial charge in [-0.05, 0) is 0 Å². The zero-order valence-electron chi connectivity index (χ0n) is 1.80. The number of rotatable bonds is 0. The van der Waals surface area contributed by atoms with Crippen LogP contribution in [0.5, 0.6) is 0 Å². The van der Waals surface area contributed by atoms with Crippen LogP contribution < -0.4 is 0 Å². The van der Waals surface area contributed by atoms with Crippen LogP contribution in [0.15, 0.2) is 0 Å². The first-order valence-electron chi connectivity index (χ1n) is 0. The summed E-state index contributed by atoms with van der Waals surface area (Å²) >= 11 is 0. The van der Waals surface area contributed by atoms with E-state index in [1.165, 1.54) is 0 Å². The summed E-state index contributed by atoms with van der Waals surface area (Å²) in [5.41, 5.74) is 0. The van der Waals surface area contributed by atoms with Gasteiger partial charge in [-0.3, -0.25) is 0 Å².